The molecule has 0 atom stereocenters. The van der Waals surface area contributed by atoms with Crippen LogP contribution in [0.15, 0.2) is 29.3 Å². The lowest BCUT2D eigenvalue weighted by atomic mass is 9.77. The summed E-state index contributed by atoms with van der Waals surface area (Å²) < 4.78 is 0. The summed E-state index contributed by atoms with van der Waals surface area (Å²) in [6, 6.07) is 7.12. The maximum Gasteiger partial charge on any atom is 0.333 e. The molecular weight excluding hydrogens is 328 g/mol. The molecule has 7 heteroatoms. The van der Waals surface area contributed by atoms with Gasteiger partial charge in [0.1, 0.15) is 24.6 Å². The fraction of sp³-hybridized carbons (Fsp3) is 0.471. The van der Waals surface area contributed by atoms with Crippen molar-refractivity contribution in [1.82, 2.24) is 9.80 Å². The van der Waals surface area contributed by atoms with Crippen LogP contribution in [-0.4, -0.2) is 48.0 Å². The fourth-order valence-electron chi connectivity index (χ4n) is 3.47. The lowest BCUT2D eigenvalue weighted by Crippen LogP contribution is -2.67. The third-order valence-corrected chi connectivity index (χ3v) is 5.23. The number of carbonyl (C=O) groups excluding carboxylic acids is 2. The summed E-state index contributed by atoms with van der Waals surface area (Å²) >= 11 is 6.07. The predicted octanol–water partition coefficient (Wildman–Crippen LogP) is 3.17. The standard InChI is InChI=1S/C17H21ClN4O2/c1-4-17(5-2)14-19-10-21(13-8-6-7-12(18)9-13)11-22(14)16(24)20(3)15(17)23/h6-9H,4-5,10-11H2,1-3H3. The molecule has 2 aliphatic rings. The largest absolute Gasteiger partial charge is 0.334 e. The van der Waals surface area contributed by atoms with Gasteiger partial charge in [0.15, 0.2) is 0 Å². The maximum atomic E-state index is 12.7. The Morgan fingerprint density at radius 2 is 1.96 bits per heavy atom. The van der Waals surface area contributed by atoms with Gasteiger partial charge in [0, 0.05) is 17.8 Å². The van der Waals surface area contributed by atoms with E-state index >= 15 is 0 Å². The number of rotatable bonds is 3. The van der Waals surface area contributed by atoms with Crippen molar-refractivity contribution in [3.8, 4) is 0 Å². The molecule has 1 fully saturated rings. The van der Waals surface area contributed by atoms with Crippen molar-refractivity contribution in [3.63, 3.8) is 0 Å². The van der Waals surface area contributed by atoms with Crippen molar-refractivity contribution < 1.29 is 9.59 Å². The van der Waals surface area contributed by atoms with Crippen molar-refractivity contribution in [2.45, 2.75) is 26.7 Å². The highest BCUT2D eigenvalue weighted by molar-refractivity contribution is 6.30. The molecule has 0 bridgehead atoms. The third kappa shape index (κ3) is 2.36. The first kappa shape index (κ1) is 16.8. The topological polar surface area (TPSA) is 56.2 Å². The lowest BCUT2D eigenvalue weighted by Gasteiger charge is -2.48. The number of hydrogen-bond donors (Lipinski definition) is 0. The highest BCUT2D eigenvalue weighted by Crippen LogP contribution is 2.38. The van der Waals surface area contributed by atoms with Crippen molar-refractivity contribution in [3.05, 3.63) is 29.3 Å². The molecule has 0 N–H and O–H groups in total. The van der Waals surface area contributed by atoms with E-state index in [1.165, 1.54) is 4.90 Å². The summed E-state index contributed by atoms with van der Waals surface area (Å²) in [6.45, 7) is 4.69. The fourth-order valence-corrected chi connectivity index (χ4v) is 3.65. The first-order valence-corrected chi connectivity index (χ1v) is 8.47. The van der Waals surface area contributed by atoms with Crippen LogP contribution in [0.2, 0.25) is 5.02 Å². The molecule has 1 saturated heterocycles. The molecule has 0 aliphatic carbocycles. The third-order valence-electron chi connectivity index (χ3n) is 5.00. The van der Waals surface area contributed by atoms with Gasteiger partial charge in [0.05, 0.1) is 0 Å². The van der Waals surface area contributed by atoms with Crippen LogP contribution in [-0.2, 0) is 4.79 Å². The van der Waals surface area contributed by atoms with Crippen LogP contribution in [0.4, 0.5) is 10.5 Å². The van der Waals surface area contributed by atoms with E-state index in [9.17, 15) is 9.59 Å². The van der Waals surface area contributed by atoms with Gasteiger partial charge >= 0.3 is 6.03 Å². The van der Waals surface area contributed by atoms with Gasteiger partial charge < -0.3 is 4.90 Å². The number of aliphatic imine (C=N–C) groups is 1. The van der Waals surface area contributed by atoms with E-state index in [2.05, 4.69) is 4.99 Å². The summed E-state index contributed by atoms with van der Waals surface area (Å²) in [5.41, 5.74) is 0.180. The van der Waals surface area contributed by atoms with Crippen molar-refractivity contribution in [2.75, 3.05) is 25.3 Å². The molecule has 3 rings (SSSR count). The number of anilines is 1. The monoisotopic (exact) mass is 348 g/mol. The summed E-state index contributed by atoms with van der Waals surface area (Å²) in [6.07, 6.45) is 1.24. The number of urea groups is 1. The van der Waals surface area contributed by atoms with Crippen molar-refractivity contribution in [1.29, 1.82) is 0 Å². The van der Waals surface area contributed by atoms with Gasteiger partial charge in [-0.3, -0.25) is 14.6 Å². The minimum Gasteiger partial charge on any atom is -0.334 e. The van der Waals surface area contributed by atoms with Gasteiger partial charge in [0.25, 0.3) is 0 Å². The Balaban J connectivity index is 2.01. The van der Waals surface area contributed by atoms with Gasteiger partial charge in [-0.25, -0.2) is 9.79 Å². The molecular formula is C17H21ClN4O2. The van der Waals surface area contributed by atoms with Gasteiger partial charge in [0.2, 0.25) is 5.91 Å². The Morgan fingerprint density at radius 3 is 2.58 bits per heavy atom. The van der Waals surface area contributed by atoms with Crippen molar-refractivity contribution >= 4 is 35.1 Å². The first-order chi connectivity index (χ1) is 11.4. The molecule has 2 heterocycles. The summed E-state index contributed by atoms with van der Waals surface area (Å²) in [5, 5.41) is 0.635. The van der Waals surface area contributed by atoms with Crippen LogP contribution in [0.1, 0.15) is 26.7 Å². The van der Waals surface area contributed by atoms with Crippen LogP contribution in [0.3, 0.4) is 0 Å². The van der Waals surface area contributed by atoms with Gasteiger partial charge in [-0.15, -0.1) is 0 Å². The Labute approximate surface area is 146 Å². The molecule has 128 valence electrons. The molecule has 2 aliphatic heterocycles. The van der Waals surface area contributed by atoms with Crippen molar-refractivity contribution in [2.24, 2.45) is 10.4 Å². The number of imide groups is 1. The minimum atomic E-state index is -0.719. The van der Waals surface area contributed by atoms with Gasteiger partial charge in [-0.1, -0.05) is 31.5 Å². The second-order valence-electron chi connectivity index (χ2n) is 6.15. The minimum absolute atomic E-state index is 0.163. The Hall–Kier alpha value is -2.08. The number of fused-ring (bicyclic) bond motifs is 1. The highest BCUT2D eigenvalue weighted by Gasteiger charge is 2.53. The number of benzene rings is 1. The van der Waals surface area contributed by atoms with E-state index in [1.807, 2.05) is 36.9 Å². The summed E-state index contributed by atoms with van der Waals surface area (Å²) in [7, 11) is 1.54. The second-order valence-corrected chi connectivity index (χ2v) is 6.58. The Kier molecular flexibility index (Phi) is 4.25. The van der Waals surface area contributed by atoms with Gasteiger partial charge in [-0.2, -0.15) is 0 Å². The summed E-state index contributed by atoms with van der Waals surface area (Å²) in [4.78, 5) is 34.8. The summed E-state index contributed by atoms with van der Waals surface area (Å²) in [5.74, 6) is 0.433. The average Bonchev–Trinajstić information content (AvgIpc) is 2.61. The molecule has 3 amide bonds. The van der Waals surface area contributed by atoms with Crippen LogP contribution >= 0.6 is 11.6 Å². The molecule has 0 saturated carbocycles. The van der Waals surface area contributed by atoms with Crippen LogP contribution < -0.4 is 4.90 Å². The van der Waals surface area contributed by atoms with E-state index in [0.717, 1.165) is 5.69 Å². The second kappa shape index (κ2) is 6.09. The van der Waals surface area contributed by atoms with E-state index in [0.29, 0.717) is 37.0 Å². The number of hydrogen-bond acceptors (Lipinski definition) is 4. The number of carbonyl (C=O) groups is 2. The predicted molar refractivity (Wildman–Crippen MR) is 94.1 cm³/mol. The van der Waals surface area contributed by atoms with E-state index in [1.54, 1.807) is 18.0 Å². The first-order valence-electron chi connectivity index (χ1n) is 8.09. The van der Waals surface area contributed by atoms with Gasteiger partial charge in [-0.05, 0) is 31.0 Å². The molecule has 6 nitrogen and oxygen atoms in total. The molecule has 1 aromatic carbocycles. The maximum absolute atomic E-state index is 12.7. The van der Waals surface area contributed by atoms with E-state index in [-0.39, 0.29) is 11.9 Å². The Morgan fingerprint density at radius 1 is 1.25 bits per heavy atom. The molecule has 0 radical (unpaired) electrons. The SMILES string of the molecule is CCC1(CC)C(=O)N(C)C(=O)N2CN(c3cccc(Cl)c3)CN=C21. The smallest absolute Gasteiger partial charge is 0.333 e. The van der Waals surface area contributed by atoms with Crippen LogP contribution in [0.25, 0.3) is 0 Å². The zero-order valence-corrected chi connectivity index (χ0v) is 14.9. The number of amides is 3. The number of nitrogens with zero attached hydrogens (tertiary/aromatic N) is 4. The molecule has 1 aromatic rings. The van der Waals surface area contributed by atoms with Crippen LogP contribution in [0, 0.1) is 5.41 Å². The molecule has 0 aromatic heterocycles. The number of amidine groups is 1. The number of halogens is 1. The lowest BCUT2D eigenvalue weighted by molar-refractivity contribution is -0.136. The van der Waals surface area contributed by atoms with E-state index in [4.69, 9.17) is 11.6 Å². The average molecular weight is 349 g/mol. The molecule has 0 spiro atoms. The molecule has 0 unspecified atom stereocenters. The van der Waals surface area contributed by atoms with E-state index < -0.39 is 5.41 Å². The zero-order valence-electron chi connectivity index (χ0n) is 14.1. The normalized spacial score (nSPS) is 20.2. The Bertz CT molecular complexity index is 714. The molecule has 24 heavy (non-hydrogen) atoms. The highest BCUT2D eigenvalue weighted by atomic mass is 35.5. The zero-order chi connectivity index (χ0) is 17.5. The quantitative estimate of drug-likeness (QED) is 0.843. The van der Waals surface area contributed by atoms with Crippen LogP contribution in [0.5, 0.6) is 0 Å².